The van der Waals surface area contributed by atoms with E-state index in [4.69, 9.17) is 14.5 Å². The van der Waals surface area contributed by atoms with Crippen LogP contribution in [0.15, 0.2) is 49.2 Å². The molecule has 0 aliphatic carbocycles. The van der Waals surface area contributed by atoms with E-state index in [1.165, 1.54) is 0 Å². The predicted octanol–water partition coefficient (Wildman–Crippen LogP) is 5.54. The van der Waals surface area contributed by atoms with Crippen LogP contribution in [-0.2, 0) is 17.9 Å². The summed E-state index contributed by atoms with van der Waals surface area (Å²) in [4.78, 5) is 9.54. The first kappa shape index (κ1) is 21.3. The van der Waals surface area contributed by atoms with E-state index in [1.54, 1.807) is 7.11 Å². The van der Waals surface area contributed by atoms with Crippen molar-refractivity contribution < 1.29 is 9.47 Å². The highest BCUT2D eigenvalue weighted by molar-refractivity contribution is 6.76. The van der Waals surface area contributed by atoms with Gasteiger partial charge in [-0.15, -0.1) is 6.58 Å². The van der Waals surface area contributed by atoms with Gasteiger partial charge in [0, 0.05) is 32.7 Å². The van der Waals surface area contributed by atoms with Crippen LogP contribution in [0.4, 0.5) is 0 Å². The third kappa shape index (κ3) is 5.55. The molecule has 0 amide bonds. The number of fused-ring (bicyclic) bond motifs is 1. The highest BCUT2D eigenvalue weighted by Gasteiger charge is 2.16. The standard InChI is InChI=1S/C23H31N3O2Si/c1-6-7-12-22-24-21(16-26(22)17-28-13-14-29(3,4)5)19-15-18-10-8-9-11-20(18)25-23(19)27-2/h6,8-11,15-16H,1,7,12-14,17H2,2-5H3. The van der Waals surface area contributed by atoms with E-state index < -0.39 is 8.07 Å². The topological polar surface area (TPSA) is 49.2 Å². The van der Waals surface area contributed by atoms with Crippen molar-refractivity contribution in [3.8, 4) is 17.1 Å². The first-order valence-corrected chi connectivity index (χ1v) is 13.8. The minimum Gasteiger partial charge on any atom is -0.480 e. The molecule has 0 bridgehead atoms. The Labute approximate surface area is 174 Å². The van der Waals surface area contributed by atoms with E-state index in [0.717, 1.165) is 53.5 Å². The SMILES string of the molecule is C=CCCc1nc(-c2cc3ccccc3nc2OC)cn1COCC[Si](C)(C)C. The van der Waals surface area contributed by atoms with Crippen molar-refractivity contribution in [2.45, 2.75) is 45.3 Å². The normalized spacial score (nSPS) is 11.7. The molecule has 2 aromatic heterocycles. The summed E-state index contributed by atoms with van der Waals surface area (Å²) in [5.41, 5.74) is 2.66. The summed E-state index contributed by atoms with van der Waals surface area (Å²) in [6.07, 6.45) is 5.66. The third-order valence-electron chi connectivity index (χ3n) is 4.82. The first-order valence-electron chi connectivity index (χ1n) is 10.1. The molecule has 0 aliphatic rings. The van der Waals surface area contributed by atoms with Gasteiger partial charge >= 0.3 is 0 Å². The maximum absolute atomic E-state index is 5.98. The van der Waals surface area contributed by atoms with E-state index in [1.807, 2.05) is 30.5 Å². The van der Waals surface area contributed by atoms with Gasteiger partial charge in [0.15, 0.2) is 0 Å². The summed E-state index contributed by atoms with van der Waals surface area (Å²) in [6, 6.07) is 11.3. The highest BCUT2D eigenvalue weighted by Crippen LogP contribution is 2.31. The van der Waals surface area contributed by atoms with Crippen LogP contribution in [0.3, 0.4) is 0 Å². The maximum atomic E-state index is 5.98. The number of imidazole rings is 1. The Hall–Kier alpha value is -2.44. The lowest BCUT2D eigenvalue weighted by Gasteiger charge is -2.16. The lowest BCUT2D eigenvalue weighted by molar-refractivity contribution is 0.0852. The van der Waals surface area contributed by atoms with Crippen molar-refractivity contribution >= 4 is 19.0 Å². The number of para-hydroxylation sites is 1. The number of ether oxygens (including phenoxy) is 2. The molecule has 1 aromatic carbocycles. The second-order valence-electron chi connectivity index (χ2n) is 8.43. The molecule has 0 spiro atoms. The molecule has 0 N–H and O–H groups in total. The zero-order valence-electron chi connectivity index (χ0n) is 17.9. The van der Waals surface area contributed by atoms with Crippen LogP contribution < -0.4 is 4.74 Å². The molecule has 0 aliphatic heterocycles. The molecule has 154 valence electrons. The highest BCUT2D eigenvalue weighted by atomic mass is 28.3. The number of hydrogen-bond donors (Lipinski definition) is 0. The second-order valence-corrected chi connectivity index (χ2v) is 14.0. The van der Waals surface area contributed by atoms with E-state index in [2.05, 4.69) is 47.9 Å². The Bertz CT molecular complexity index is 976. The monoisotopic (exact) mass is 409 g/mol. The molecular formula is C23H31N3O2Si. The second kappa shape index (κ2) is 9.37. The summed E-state index contributed by atoms with van der Waals surface area (Å²) in [5.74, 6) is 1.58. The van der Waals surface area contributed by atoms with Crippen molar-refractivity contribution in [1.82, 2.24) is 14.5 Å². The molecule has 2 heterocycles. The number of hydrogen-bond acceptors (Lipinski definition) is 4. The number of allylic oxidation sites excluding steroid dienone is 1. The quantitative estimate of drug-likeness (QED) is 0.251. The smallest absolute Gasteiger partial charge is 0.223 e. The molecule has 0 saturated heterocycles. The largest absolute Gasteiger partial charge is 0.480 e. The van der Waals surface area contributed by atoms with Crippen molar-refractivity contribution in [1.29, 1.82) is 0 Å². The molecule has 6 heteroatoms. The van der Waals surface area contributed by atoms with E-state index in [9.17, 15) is 0 Å². The number of aryl methyl sites for hydroxylation is 1. The summed E-state index contributed by atoms with van der Waals surface area (Å²) < 4.78 is 13.6. The minimum absolute atomic E-state index is 0.507. The van der Waals surface area contributed by atoms with Gasteiger partial charge < -0.3 is 14.0 Å². The minimum atomic E-state index is -1.10. The van der Waals surface area contributed by atoms with E-state index >= 15 is 0 Å². The average molecular weight is 410 g/mol. The lowest BCUT2D eigenvalue weighted by Crippen LogP contribution is -2.22. The number of rotatable bonds is 10. The number of aromatic nitrogens is 3. The van der Waals surface area contributed by atoms with Crippen LogP contribution in [0.1, 0.15) is 12.2 Å². The van der Waals surface area contributed by atoms with Gasteiger partial charge in [-0.25, -0.2) is 9.97 Å². The Kier molecular flexibility index (Phi) is 6.87. The molecule has 0 fully saturated rings. The third-order valence-corrected chi connectivity index (χ3v) is 6.52. The molecule has 0 unspecified atom stereocenters. The van der Waals surface area contributed by atoms with E-state index in [0.29, 0.717) is 12.6 Å². The first-order chi connectivity index (χ1) is 13.9. The molecule has 3 rings (SSSR count). The summed E-state index contributed by atoms with van der Waals surface area (Å²) in [7, 11) is 0.545. The number of benzene rings is 1. The fourth-order valence-electron chi connectivity index (χ4n) is 3.11. The van der Waals surface area contributed by atoms with Crippen LogP contribution in [0.5, 0.6) is 5.88 Å². The number of pyridine rings is 1. The van der Waals surface area contributed by atoms with Crippen molar-refractivity contribution in [3.05, 3.63) is 55.0 Å². The number of methoxy groups -OCH3 is 1. The van der Waals surface area contributed by atoms with Crippen LogP contribution in [0.25, 0.3) is 22.2 Å². The maximum Gasteiger partial charge on any atom is 0.223 e. The van der Waals surface area contributed by atoms with Gasteiger partial charge in [0.2, 0.25) is 5.88 Å². The Morgan fingerprint density at radius 1 is 1.17 bits per heavy atom. The molecule has 0 saturated carbocycles. The lowest BCUT2D eigenvalue weighted by atomic mass is 10.1. The molecular weight excluding hydrogens is 378 g/mol. The molecule has 0 radical (unpaired) electrons. The van der Waals surface area contributed by atoms with Crippen LogP contribution in [0, 0.1) is 0 Å². The molecule has 5 nitrogen and oxygen atoms in total. The Morgan fingerprint density at radius 3 is 2.69 bits per heavy atom. The van der Waals surface area contributed by atoms with Gasteiger partial charge in [0.25, 0.3) is 0 Å². The molecule has 29 heavy (non-hydrogen) atoms. The van der Waals surface area contributed by atoms with Gasteiger partial charge in [-0.1, -0.05) is 43.9 Å². The summed E-state index contributed by atoms with van der Waals surface area (Å²) in [5, 5.41) is 1.07. The van der Waals surface area contributed by atoms with Crippen LogP contribution in [-0.4, -0.2) is 36.3 Å². The summed E-state index contributed by atoms with van der Waals surface area (Å²) in [6.45, 7) is 12.2. The fraction of sp³-hybridized carbons (Fsp3) is 0.391. The molecule has 3 aromatic rings. The number of nitrogens with zero attached hydrogens (tertiary/aromatic N) is 3. The Balaban J connectivity index is 1.90. The average Bonchev–Trinajstić information content (AvgIpc) is 3.10. The van der Waals surface area contributed by atoms with Gasteiger partial charge in [-0.05, 0) is 24.6 Å². The van der Waals surface area contributed by atoms with Gasteiger partial charge in [-0.2, -0.15) is 0 Å². The van der Waals surface area contributed by atoms with Crippen molar-refractivity contribution in [2.24, 2.45) is 0 Å². The van der Waals surface area contributed by atoms with Gasteiger partial charge in [0.05, 0.1) is 23.9 Å². The Morgan fingerprint density at radius 2 is 1.97 bits per heavy atom. The van der Waals surface area contributed by atoms with Crippen molar-refractivity contribution in [2.75, 3.05) is 13.7 Å². The zero-order valence-corrected chi connectivity index (χ0v) is 18.9. The van der Waals surface area contributed by atoms with Gasteiger partial charge in [-0.3, -0.25) is 0 Å². The zero-order chi connectivity index (χ0) is 20.9. The predicted molar refractivity (Wildman–Crippen MR) is 122 cm³/mol. The fourth-order valence-corrected chi connectivity index (χ4v) is 3.86. The van der Waals surface area contributed by atoms with E-state index in [-0.39, 0.29) is 0 Å². The van der Waals surface area contributed by atoms with Crippen LogP contribution >= 0.6 is 0 Å². The van der Waals surface area contributed by atoms with Crippen LogP contribution in [0.2, 0.25) is 25.7 Å². The van der Waals surface area contributed by atoms with Gasteiger partial charge in [0.1, 0.15) is 12.6 Å². The van der Waals surface area contributed by atoms with Crippen molar-refractivity contribution in [3.63, 3.8) is 0 Å². The summed E-state index contributed by atoms with van der Waals surface area (Å²) >= 11 is 0. The molecule has 0 atom stereocenters.